The van der Waals surface area contributed by atoms with Gasteiger partial charge in [-0.05, 0) is 52.7 Å². The van der Waals surface area contributed by atoms with Gasteiger partial charge in [0.05, 0.1) is 11.2 Å². The lowest BCUT2D eigenvalue weighted by molar-refractivity contribution is -0.0277. The smallest absolute Gasteiger partial charge is 0.254 e. The molecule has 0 aromatic carbocycles. The summed E-state index contributed by atoms with van der Waals surface area (Å²) in [6.07, 6.45) is -4.94. The average molecular weight is 346 g/mol. The number of anilines is 2. The van der Waals surface area contributed by atoms with Crippen LogP contribution in [0.25, 0.3) is 0 Å². The molecule has 1 aromatic heterocycles. The topological polar surface area (TPSA) is 113 Å². The summed E-state index contributed by atoms with van der Waals surface area (Å²) in [5, 5.41) is 16.1. The van der Waals surface area contributed by atoms with Gasteiger partial charge in [0.2, 0.25) is 5.95 Å². The second-order valence-electron chi connectivity index (χ2n) is 6.40. The highest BCUT2D eigenvalue weighted by Gasteiger charge is 2.36. The average Bonchev–Trinajstić information content (AvgIpc) is 2.56. The van der Waals surface area contributed by atoms with Crippen LogP contribution >= 0.6 is 0 Å². The highest BCUT2D eigenvalue weighted by molar-refractivity contribution is 5.97. The predicted octanol–water partition coefficient (Wildman–Crippen LogP) is 2.14. The Labute approximate surface area is 157 Å². The van der Waals surface area contributed by atoms with Gasteiger partial charge in [-0.2, -0.15) is 4.98 Å². The van der Waals surface area contributed by atoms with Crippen LogP contribution in [0.2, 0.25) is 0 Å². The lowest BCUT2D eigenvalue weighted by Crippen LogP contribution is -2.44. The lowest BCUT2D eigenvalue weighted by Gasteiger charge is -2.39. The Morgan fingerprint density at radius 3 is 3.00 bits per heavy atom. The summed E-state index contributed by atoms with van der Waals surface area (Å²) in [6, 6.07) is -1.55. The van der Waals surface area contributed by atoms with Crippen molar-refractivity contribution in [3.63, 3.8) is 0 Å². The molecule has 1 aliphatic rings. The van der Waals surface area contributed by atoms with E-state index in [1.54, 1.807) is 0 Å². The van der Waals surface area contributed by atoms with Gasteiger partial charge in [0.25, 0.3) is 5.91 Å². The monoisotopic (exact) mass is 345 g/mol. The van der Waals surface area contributed by atoms with Crippen molar-refractivity contribution in [3.05, 3.63) is 11.8 Å². The number of hydrogen-bond acceptors (Lipinski definition) is 6. The quantitative estimate of drug-likeness (QED) is 0.665. The number of primary amides is 1. The lowest BCUT2D eigenvalue weighted by atomic mass is 9.75. The number of aromatic nitrogens is 2. The molecule has 7 nitrogen and oxygen atoms in total. The first kappa shape index (κ1) is 8.99. The minimum atomic E-state index is -3.00. The van der Waals surface area contributed by atoms with Crippen molar-refractivity contribution in [3.8, 4) is 0 Å². The molecule has 0 bridgehead atoms. The molecule has 24 heavy (non-hydrogen) atoms. The largest absolute Gasteiger partial charge is 0.390 e. The maximum atomic E-state index is 11.9. The Kier molecular flexibility index (Phi) is 2.45. The summed E-state index contributed by atoms with van der Waals surface area (Å²) < 4.78 is 79.3. The second-order valence-corrected chi connectivity index (χ2v) is 6.40. The molecule has 7 heteroatoms. The summed E-state index contributed by atoms with van der Waals surface area (Å²) in [7, 11) is 0. The van der Waals surface area contributed by atoms with Crippen LogP contribution in [0.3, 0.4) is 0 Å². The van der Waals surface area contributed by atoms with Crippen LogP contribution in [-0.4, -0.2) is 38.2 Å². The Hall–Kier alpha value is -1.89. The molecule has 1 saturated carbocycles. The summed E-state index contributed by atoms with van der Waals surface area (Å²) >= 11 is 0. The van der Waals surface area contributed by atoms with Crippen molar-refractivity contribution in [2.75, 3.05) is 10.6 Å². The molecule has 1 amide bonds. The zero-order chi connectivity index (χ0) is 26.7. The highest BCUT2D eigenvalue weighted by Crippen LogP contribution is 2.34. The number of rotatable bonds is 4. The van der Waals surface area contributed by atoms with Crippen LogP contribution in [0.15, 0.2) is 6.20 Å². The third kappa shape index (κ3) is 4.56. The van der Waals surface area contributed by atoms with Gasteiger partial charge in [-0.3, -0.25) is 4.79 Å². The van der Waals surface area contributed by atoms with Crippen LogP contribution in [-0.2, 0) is 0 Å². The van der Waals surface area contributed by atoms with Crippen LogP contribution in [0, 0.1) is 5.92 Å². The van der Waals surface area contributed by atoms with Gasteiger partial charge in [0, 0.05) is 31.5 Å². The molecule has 5 N–H and O–H groups in total. The molecule has 0 saturated heterocycles. The number of carbonyl (C=O) groups excluding carboxylic acids is 1. The van der Waals surface area contributed by atoms with Crippen LogP contribution in [0.4, 0.5) is 11.8 Å². The molecule has 134 valence electrons. The fourth-order valence-electron chi connectivity index (χ4n) is 2.19. The van der Waals surface area contributed by atoms with Gasteiger partial charge in [-0.1, -0.05) is 6.85 Å². The van der Waals surface area contributed by atoms with Gasteiger partial charge in [0.15, 0.2) is 0 Å². The summed E-state index contributed by atoms with van der Waals surface area (Å²) in [5.41, 5.74) is 0.914. The van der Waals surface area contributed by atoms with E-state index in [1.807, 2.05) is 0 Å². The van der Waals surface area contributed by atoms with Crippen molar-refractivity contribution >= 4 is 17.7 Å². The summed E-state index contributed by atoms with van der Waals surface area (Å²) in [4.78, 5) is 19.9. The van der Waals surface area contributed by atoms with Crippen LogP contribution in [0.1, 0.15) is 77.7 Å². The molecule has 0 spiro atoms. The third-order valence-electron chi connectivity index (χ3n) is 3.34. The zero-order valence-electron chi connectivity index (χ0n) is 23.8. The van der Waals surface area contributed by atoms with Crippen molar-refractivity contribution in [2.45, 2.75) is 70.8 Å². The standard InChI is InChI=1S/C17H29N5O2/c1-10-6-7-11(8-17(10,5)24)20-14-12(13(18)23)9-19-15(21-14)22-16(2,3)4/h9-11,24H,6-8H2,1-5H3,(H2,18,23)(H2,19,20,21,22)/t10-,11?,17-/m1/s1/i1D3,2D3,6D2,8D2. The Morgan fingerprint density at radius 2 is 2.38 bits per heavy atom. The number of amides is 1. The van der Waals surface area contributed by atoms with Crippen LogP contribution in [0.5, 0.6) is 0 Å². The second kappa shape index (κ2) is 6.55. The van der Waals surface area contributed by atoms with E-state index in [4.69, 9.17) is 19.4 Å². The molecule has 1 aliphatic carbocycles. The molecule has 2 rings (SSSR count). The zero-order valence-corrected chi connectivity index (χ0v) is 13.8. The maximum absolute atomic E-state index is 11.9. The minimum absolute atomic E-state index is 0.236. The van der Waals surface area contributed by atoms with E-state index < -0.39 is 61.9 Å². The van der Waals surface area contributed by atoms with Gasteiger partial charge < -0.3 is 21.5 Å². The number of nitrogens with two attached hydrogens (primary N) is 1. The van der Waals surface area contributed by atoms with E-state index in [0.717, 1.165) is 13.1 Å². The van der Waals surface area contributed by atoms with Gasteiger partial charge in [-0.15, -0.1) is 0 Å². The van der Waals surface area contributed by atoms with Crippen molar-refractivity contribution in [2.24, 2.45) is 11.7 Å². The van der Waals surface area contributed by atoms with Crippen molar-refractivity contribution < 1.29 is 23.6 Å². The Bertz CT molecular complexity index is 946. The molecule has 1 unspecified atom stereocenters. The molecule has 0 radical (unpaired) electrons. The molecular weight excluding hydrogens is 306 g/mol. The van der Waals surface area contributed by atoms with E-state index in [-0.39, 0.29) is 17.3 Å². The molecule has 1 fully saturated rings. The van der Waals surface area contributed by atoms with E-state index in [9.17, 15) is 9.90 Å². The summed E-state index contributed by atoms with van der Waals surface area (Å²) in [6.45, 7) is -1.81. The van der Waals surface area contributed by atoms with Gasteiger partial charge in [-0.25, -0.2) is 4.98 Å². The summed E-state index contributed by atoms with van der Waals surface area (Å²) in [5.74, 6) is -3.62. The Balaban J connectivity index is 2.53. The third-order valence-corrected chi connectivity index (χ3v) is 3.34. The van der Waals surface area contributed by atoms with E-state index in [0.29, 0.717) is 0 Å². The van der Waals surface area contributed by atoms with Crippen LogP contribution < -0.4 is 16.4 Å². The fraction of sp³-hybridized carbons (Fsp3) is 0.706. The van der Waals surface area contributed by atoms with Gasteiger partial charge in [0.1, 0.15) is 5.82 Å². The number of carbonyl (C=O) groups is 1. The van der Waals surface area contributed by atoms with Crippen molar-refractivity contribution in [1.82, 2.24) is 9.97 Å². The number of aliphatic hydroxyl groups is 1. The molecule has 3 atom stereocenters. The van der Waals surface area contributed by atoms with E-state index in [1.165, 1.54) is 13.8 Å². The Morgan fingerprint density at radius 1 is 1.62 bits per heavy atom. The van der Waals surface area contributed by atoms with E-state index in [2.05, 4.69) is 20.6 Å². The predicted molar refractivity (Wildman–Crippen MR) is 95.0 cm³/mol. The highest BCUT2D eigenvalue weighted by atomic mass is 16.3. The molecular formula is C17H29N5O2. The fourth-order valence-corrected chi connectivity index (χ4v) is 2.19. The molecule has 1 aromatic rings. The first-order valence-corrected chi connectivity index (χ1v) is 7.39. The van der Waals surface area contributed by atoms with Gasteiger partial charge >= 0.3 is 0 Å². The first-order chi connectivity index (χ1) is 14.9. The SMILES string of the molecule is [2H]C([2H])([2H])[C@@H]1C([2H])([2H])CC(Nc2nc(NC(C)(C)C([2H])([2H])[2H])ncc2C(N)=O)C([2H])([2H])[C@@]1(C)O. The van der Waals surface area contributed by atoms with E-state index >= 15 is 0 Å². The number of nitrogens with zero attached hydrogens (tertiary/aromatic N) is 2. The molecule has 1 heterocycles. The first-order valence-electron chi connectivity index (χ1n) is 12.4. The molecule has 0 aliphatic heterocycles. The number of hydrogen-bond donors (Lipinski definition) is 4. The maximum Gasteiger partial charge on any atom is 0.254 e. The number of nitrogens with one attached hydrogen (secondary N) is 2. The van der Waals surface area contributed by atoms with Crippen molar-refractivity contribution in [1.29, 1.82) is 0 Å². The normalized spacial score (nSPS) is 39.0. The minimum Gasteiger partial charge on any atom is -0.390 e.